The molecule has 0 saturated carbocycles. The van der Waals surface area contributed by atoms with Gasteiger partial charge >= 0.3 is 0 Å². The molecular weight excluding hydrogens is 231 g/mol. The number of nitrogens with zero attached hydrogens (tertiary/aromatic N) is 2. The first-order valence-corrected chi connectivity index (χ1v) is 5.40. The van der Waals surface area contributed by atoms with E-state index in [-0.39, 0.29) is 12.2 Å². The van der Waals surface area contributed by atoms with Crippen molar-refractivity contribution in [3.63, 3.8) is 0 Å². The third-order valence-electron chi connectivity index (χ3n) is 2.60. The summed E-state index contributed by atoms with van der Waals surface area (Å²) in [5.74, 6) is 0.174. The third kappa shape index (κ3) is 2.46. The van der Waals surface area contributed by atoms with E-state index in [0.717, 1.165) is 16.7 Å². The van der Waals surface area contributed by atoms with Crippen molar-refractivity contribution >= 4 is 0 Å². The SMILES string of the molecule is COc1cc(CC#N)c(-c2ccc(F)cc2)cn1. The normalized spacial score (nSPS) is 9.83. The molecule has 0 spiro atoms. The molecule has 0 aliphatic carbocycles. The molecule has 1 aromatic carbocycles. The summed E-state index contributed by atoms with van der Waals surface area (Å²) in [6.45, 7) is 0. The Labute approximate surface area is 104 Å². The van der Waals surface area contributed by atoms with Gasteiger partial charge < -0.3 is 4.74 Å². The quantitative estimate of drug-likeness (QED) is 0.831. The van der Waals surface area contributed by atoms with Crippen LogP contribution in [0.2, 0.25) is 0 Å². The Morgan fingerprint density at radius 3 is 2.67 bits per heavy atom. The number of hydrogen-bond acceptors (Lipinski definition) is 3. The van der Waals surface area contributed by atoms with Gasteiger partial charge in [-0.2, -0.15) is 5.26 Å². The van der Waals surface area contributed by atoms with Crippen molar-refractivity contribution in [2.75, 3.05) is 7.11 Å². The maximum absolute atomic E-state index is 12.9. The van der Waals surface area contributed by atoms with Crippen molar-refractivity contribution in [2.45, 2.75) is 6.42 Å². The van der Waals surface area contributed by atoms with Crippen LogP contribution in [0.4, 0.5) is 4.39 Å². The van der Waals surface area contributed by atoms with E-state index in [0.29, 0.717) is 5.88 Å². The Morgan fingerprint density at radius 2 is 2.06 bits per heavy atom. The Bertz CT molecular complexity index is 588. The second kappa shape index (κ2) is 5.28. The first-order valence-electron chi connectivity index (χ1n) is 5.40. The van der Waals surface area contributed by atoms with Crippen LogP contribution < -0.4 is 4.74 Å². The molecule has 0 saturated heterocycles. The van der Waals surface area contributed by atoms with Gasteiger partial charge in [-0.25, -0.2) is 9.37 Å². The van der Waals surface area contributed by atoms with Gasteiger partial charge in [-0.15, -0.1) is 0 Å². The van der Waals surface area contributed by atoms with Crippen molar-refractivity contribution in [3.05, 3.63) is 47.9 Å². The minimum atomic E-state index is -0.290. The Morgan fingerprint density at radius 1 is 1.33 bits per heavy atom. The van der Waals surface area contributed by atoms with Gasteiger partial charge in [0.2, 0.25) is 5.88 Å². The van der Waals surface area contributed by atoms with E-state index < -0.39 is 0 Å². The predicted octanol–water partition coefficient (Wildman–Crippen LogP) is 2.96. The van der Waals surface area contributed by atoms with Gasteiger partial charge in [0.25, 0.3) is 0 Å². The highest BCUT2D eigenvalue weighted by Gasteiger charge is 2.08. The average Bonchev–Trinajstić information content (AvgIpc) is 2.40. The topological polar surface area (TPSA) is 45.9 Å². The molecule has 0 bridgehead atoms. The van der Waals surface area contributed by atoms with Crippen LogP contribution in [0, 0.1) is 17.1 Å². The van der Waals surface area contributed by atoms with Gasteiger partial charge in [0.05, 0.1) is 19.6 Å². The highest BCUT2D eigenvalue weighted by molar-refractivity contribution is 5.67. The zero-order chi connectivity index (χ0) is 13.0. The molecule has 2 rings (SSSR count). The van der Waals surface area contributed by atoms with Crippen molar-refractivity contribution in [1.29, 1.82) is 5.26 Å². The Balaban J connectivity index is 2.49. The second-order valence-corrected chi connectivity index (χ2v) is 3.73. The predicted molar refractivity (Wildman–Crippen MR) is 65.5 cm³/mol. The Kier molecular flexibility index (Phi) is 3.54. The van der Waals surface area contributed by atoms with Crippen LogP contribution in [-0.2, 0) is 6.42 Å². The number of pyridine rings is 1. The van der Waals surface area contributed by atoms with Gasteiger partial charge in [0.1, 0.15) is 5.82 Å². The molecule has 4 heteroatoms. The molecule has 0 fully saturated rings. The molecule has 3 nitrogen and oxygen atoms in total. The van der Waals surface area contributed by atoms with E-state index in [1.165, 1.54) is 19.2 Å². The zero-order valence-corrected chi connectivity index (χ0v) is 9.85. The summed E-state index contributed by atoms with van der Waals surface area (Å²) in [5, 5.41) is 8.83. The number of aromatic nitrogens is 1. The summed E-state index contributed by atoms with van der Waals surface area (Å²) in [6, 6.07) is 9.93. The molecule has 1 aromatic heterocycles. The number of benzene rings is 1. The van der Waals surface area contributed by atoms with E-state index >= 15 is 0 Å². The summed E-state index contributed by atoms with van der Waals surface area (Å²) in [5.41, 5.74) is 2.46. The summed E-state index contributed by atoms with van der Waals surface area (Å²) in [6.07, 6.45) is 1.89. The van der Waals surface area contributed by atoms with Crippen LogP contribution in [0.1, 0.15) is 5.56 Å². The number of methoxy groups -OCH3 is 1. The average molecular weight is 242 g/mol. The molecule has 0 atom stereocenters. The highest BCUT2D eigenvalue weighted by atomic mass is 19.1. The summed E-state index contributed by atoms with van der Waals surface area (Å²) >= 11 is 0. The molecule has 0 radical (unpaired) electrons. The molecule has 0 aliphatic heterocycles. The fourth-order valence-corrected chi connectivity index (χ4v) is 1.71. The number of rotatable bonds is 3. The Hall–Kier alpha value is -2.41. The van der Waals surface area contributed by atoms with Crippen molar-refractivity contribution in [1.82, 2.24) is 4.98 Å². The molecule has 2 aromatic rings. The van der Waals surface area contributed by atoms with Crippen molar-refractivity contribution < 1.29 is 9.13 Å². The molecule has 0 N–H and O–H groups in total. The number of ether oxygens (including phenoxy) is 1. The van der Waals surface area contributed by atoms with Gasteiger partial charge in [-0.05, 0) is 23.3 Å². The summed E-state index contributed by atoms with van der Waals surface area (Å²) < 4.78 is 17.9. The first kappa shape index (κ1) is 12.1. The molecule has 90 valence electrons. The molecule has 0 aliphatic rings. The third-order valence-corrected chi connectivity index (χ3v) is 2.60. The molecular formula is C14H11FN2O. The van der Waals surface area contributed by atoms with Gasteiger partial charge in [-0.1, -0.05) is 12.1 Å². The fraction of sp³-hybridized carbons (Fsp3) is 0.143. The molecule has 18 heavy (non-hydrogen) atoms. The van der Waals surface area contributed by atoms with Crippen LogP contribution in [-0.4, -0.2) is 12.1 Å². The lowest BCUT2D eigenvalue weighted by molar-refractivity contribution is 0.397. The zero-order valence-electron chi connectivity index (χ0n) is 9.85. The van der Waals surface area contributed by atoms with Crippen LogP contribution in [0.15, 0.2) is 36.5 Å². The first-order chi connectivity index (χ1) is 8.74. The fourth-order valence-electron chi connectivity index (χ4n) is 1.71. The minimum Gasteiger partial charge on any atom is -0.481 e. The number of nitriles is 1. The standard InChI is InChI=1S/C14H11FN2O/c1-18-14-8-11(6-7-16)13(9-17-14)10-2-4-12(15)5-3-10/h2-5,8-9H,6H2,1H3. The van der Waals surface area contributed by atoms with Crippen LogP contribution in [0.5, 0.6) is 5.88 Å². The highest BCUT2D eigenvalue weighted by Crippen LogP contribution is 2.26. The van der Waals surface area contributed by atoms with Crippen LogP contribution in [0.3, 0.4) is 0 Å². The van der Waals surface area contributed by atoms with Crippen molar-refractivity contribution in [2.24, 2.45) is 0 Å². The summed E-state index contributed by atoms with van der Waals surface area (Å²) in [7, 11) is 1.52. The van der Waals surface area contributed by atoms with E-state index in [9.17, 15) is 4.39 Å². The molecule has 1 heterocycles. The number of hydrogen-bond donors (Lipinski definition) is 0. The summed E-state index contributed by atoms with van der Waals surface area (Å²) in [4.78, 5) is 4.11. The lowest BCUT2D eigenvalue weighted by atomic mass is 10.0. The maximum atomic E-state index is 12.9. The largest absolute Gasteiger partial charge is 0.481 e. The maximum Gasteiger partial charge on any atom is 0.213 e. The van der Waals surface area contributed by atoms with Gasteiger partial charge in [0, 0.05) is 17.8 Å². The van der Waals surface area contributed by atoms with Crippen LogP contribution in [0.25, 0.3) is 11.1 Å². The van der Waals surface area contributed by atoms with Gasteiger partial charge in [0.15, 0.2) is 0 Å². The molecule has 0 amide bonds. The van der Waals surface area contributed by atoms with Gasteiger partial charge in [-0.3, -0.25) is 0 Å². The van der Waals surface area contributed by atoms with E-state index in [4.69, 9.17) is 10.00 Å². The second-order valence-electron chi connectivity index (χ2n) is 3.73. The van der Waals surface area contributed by atoms with Crippen LogP contribution >= 0.6 is 0 Å². The minimum absolute atomic E-state index is 0.256. The monoisotopic (exact) mass is 242 g/mol. The molecule has 0 unspecified atom stereocenters. The van der Waals surface area contributed by atoms with E-state index in [2.05, 4.69) is 11.1 Å². The lowest BCUT2D eigenvalue weighted by Gasteiger charge is -2.08. The smallest absolute Gasteiger partial charge is 0.213 e. The number of halogens is 1. The van der Waals surface area contributed by atoms with E-state index in [1.54, 1.807) is 24.4 Å². The van der Waals surface area contributed by atoms with Crippen molar-refractivity contribution in [3.8, 4) is 23.1 Å². The lowest BCUT2D eigenvalue weighted by Crippen LogP contribution is -1.94. The van der Waals surface area contributed by atoms with E-state index in [1.807, 2.05) is 0 Å².